The minimum absolute atomic E-state index is 0.139. The molecule has 4 N–H and O–H groups in total. The third kappa shape index (κ3) is 4.71. The summed E-state index contributed by atoms with van der Waals surface area (Å²) in [6.07, 6.45) is 0. The SMILES string of the molecule is CCNC(=O)NC(=O)C(C)Sc1nnc(CN)n1C(C)C. The molecule has 1 aromatic heterocycles. The molecule has 0 bridgehead atoms. The molecule has 0 saturated heterocycles. The minimum Gasteiger partial charge on any atom is -0.338 e. The quantitative estimate of drug-likeness (QED) is 0.664. The van der Waals surface area contributed by atoms with E-state index in [4.69, 9.17) is 5.73 Å². The first-order valence-corrected chi connectivity index (χ1v) is 7.67. The van der Waals surface area contributed by atoms with Gasteiger partial charge in [-0.2, -0.15) is 0 Å². The summed E-state index contributed by atoms with van der Waals surface area (Å²) in [5.74, 6) is 0.294. The first-order valence-electron chi connectivity index (χ1n) is 6.79. The van der Waals surface area contributed by atoms with Gasteiger partial charge in [0.15, 0.2) is 5.16 Å². The Labute approximate surface area is 128 Å². The molecule has 0 radical (unpaired) electrons. The maximum Gasteiger partial charge on any atom is 0.321 e. The van der Waals surface area contributed by atoms with Gasteiger partial charge in [-0.1, -0.05) is 11.8 Å². The van der Waals surface area contributed by atoms with Gasteiger partial charge in [-0.25, -0.2) is 4.79 Å². The number of carbonyl (C=O) groups excluding carboxylic acids is 2. The van der Waals surface area contributed by atoms with Gasteiger partial charge in [-0.15, -0.1) is 10.2 Å². The van der Waals surface area contributed by atoms with Gasteiger partial charge in [-0.05, 0) is 27.7 Å². The number of hydrogen-bond acceptors (Lipinski definition) is 6. The second-order valence-corrected chi connectivity index (χ2v) is 5.98. The van der Waals surface area contributed by atoms with Crippen molar-refractivity contribution in [1.82, 2.24) is 25.4 Å². The van der Waals surface area contributed by atoms with Gasteiger partial charge in [-0.3, -0.25) is 10.1 Å². The van der Waals surface area contributed by atoms with E-state index in [1.165, 1.54) is 11.8 Å². The molecule has 0 aliphatic heterocycles. The summed E-state index contributed by atoms with van der Waals surface area (Å²) in [7, 11) is 0. The van der Waals surface area contributed by atoms with E-state index in [0.29, 0.717) is 17.5 Å². The molecule has 0 aliphatic carbocycles. The van der Waals surface area contributed by atoms with E-state index in [0.717, 1.165) is 0 Å². The van der Waals surface area contributed by atoms with Crippen LogP contribution in [0.5, 0.6) is 0 Å². The third-order valence-electron chi connectivity index (χ3n) is 2.66. The zero-order valence-corrected chi connectivity index (χ0v) is 13.5. The topological polar surface area (TPSA) is 115 Å². The third-order valence-corrected chi connectivity index (χ3v) is 3.72. The fourth-order valence-electron chi connectivity index (χ4n) is 1.68. The van der Waals surface area contributed by atoms with Crippen LogP contribution in [0.25, 0.3) is 0 Å². The molecule has 0 spiro atoms. The van der Waals surface area contributed by atoms with Crippen molar-refractivity contribution in [1.29, 1.82) is 0 Å². The van der Waals surface area contributed by atoms with Crippen LogP contribution in [0.2, 0.25) is 0 Å². The van der Waals surface area contributed by atoms with E-state index in [2.05, 4.69) is 20.8 Å². The fourth-order valence-corrected chi connectivity index (χ4v) is 2.68. The normalized spacial score (nSPS) is 12.3. The second-order valence-electron chi connectivity index (χ2n) is 4.68. The van der Waals surface area contributed by atoms with Crippen LogP contribution in [0.3, 0.4) is 0 Å². The Kier molecular flexibility index (Phi) is 6.63. The molecule has 1 rings (SSSR count). The number of amides is 3. The van der Waals surface area contributed by atoms with Crippen molar-refractivity contribution < 1.29 is 9.59 Å². The maximum atomic E-state index is 11.9. The zero-order chi connectivity index (χ0) is 16.0. The molecule has 9 heteroatoms. The summed E-state index contributed by atoms with van der Waals surface area (Å²) in [6.45, 7) is 8.22. The maximum absolute atomic E-state index is 11.9. The summed E-state index contributed by atoms with van der Waals surface area (Å²) in [4.78, 5) is 23.2. The summed E-state index contributed by atoms with van der Waals surface area (Å²) in [5.41, 5.74) is 5.63. The first-order chi connectivity index (χ1) is 9.90. The second kappa shape index (κ2) is 7.99. The Morgan fingerprint density at radius 3 is 2.52 bits per heavy atom. The molecule has 0 aromatic carbocycles. The lowest BCUT2D eigenvalue weighted by atomic mass is 10.4. The number of imide groups is 1. The summed E-state index contributed by atoms with van der Waals surface area (Å²) in [5, 5.41) is 13.0. The Bertz CT molecular complexity index is 502. The van der Waals surface area contributed by atoms with Crippen molar-refractivity contribution in [2.75, 3.05) is 6.54 Å². The van der Waals surface area contributed by atoms with E-state index in [1.807, 2.05) is 18.4 Å². The lowest BCUT2D eigenvalue weighted by Gasteiger charge is -2.15. The van der Waals surface area contributed by atoms with Gasteiger partial charge in [0.25, 0.3) is 0 Å². The first kappa shape index (κ1) is 17.4. The predicted molar refractivity (Wildman–Crippen MR) is 80.8 cm³/mol. The van der Waals surface area contributed by atoms with Gasteiger partial charge in [0.2, 0.25) is 5.91 Å². The van der Waals surface area contributed by atoms with Crippen LogP contribution in [0.4, 0.5) is 4.79 Å². The summed E-state index contributed by atoms with van der Waals surface area (Å²) < 4.78 is 1.89. The smallest absolute Gasteiger partial charge is 0.321 e. The number of nitrogens with two attached hydrogens (primary N) is 1. The Morgan fingerprint density at radius 1 is 1.33 bits per heavy atom. The largest absolute Gasteiger partial charge is 0.338 e. The minimum atomic E-state index is -0.497. The van der Waals surface area contributed by atoms with E-state index in [-0.39, 0.29) is 18.5 Å². The number of hydrogen-bond donors (Lipinski definition) is 3. The van der Waals surface area contributed by atoms with Crippen molar-refractivity contribution in [3.8, 4) is 0 Å². The van der Waals surface area contributed by atoms with Crippen LogP contribution in [-0.2, 0) is 11.3 Å². The molecule has 8 nitrogen and oxygen atoms in total. The number of rotatable bonds is 6. The highest BCUT2D eigenvalue weighted by Gasteiger charge is 2.22. The van der Waals surface area contributed by atoms with Crippen LogP contribution in [0.1, 0.15) is 39.6 Å². The molecular formula is C12H22N6O2S. The number of thioether (sulfide) groups is 1. The monoisotopic (exact) mass is 314 g/mol. The molecule has 118 valence electrons. The van der Waals surface area contributed by atoms with E-state index in [1.54, 1.807) is 13.8 Å². The average molecular weight is 314 g/mol. The summed E-state index contributed by atoms with van der Waals surface area (Å²) >= 11 is 1.24. The molecular weight excluding hydrogens is 292 g/mol. The van der Waals surface area contributed by atoms with Crippen molar-refractivity contribution >= 4 is 23.7 Å². The van der Waals surface area contributed by atoms with Crippen LogP contribution in [0.15, 0.2) is 5.16 Å². The molecule has 3 amide bonds. The highest BCUT2D eigenvalue weighted by molar-refractivity contribution is 8.00. The summed E-state index contributed by atoms with van der Waals surface area (Å²) in [6, 6.07) is -0.359. The molecule has 0 aliphatic rings. The average Bonchev–Trinajstić information content (AvgIpc) is 2.81. The molecule has 21 heavy (non-hydrogen) atoms. The van der Waals surface area contributed by atoms with Crippen LogP contribution < -0.4 is 16.4 Å². The fraction of sp³-hybridized carbons (Fsp3) is 0.667. The molecule has 0 fully saturated rings. The van der Waals surface area contributed by atoms with Gasteiger partial charge >= 0.3 is 6.03 Å². The number of nitrogens with zero attached hydrogens (tertiary/aromatic N) is 3. The Balaban J connectivity index is 2.74. The van der Waals surface area contributed by atoms with Crippen molar-refractivity contribution in [3.63, 3.8) is 0 Å². The van der Waals surface area contributed by atoms with Crippen LogP contribution in [0, 0.1) is 0 Å². The number of carbonyl (C=O) groups is 2. The Morgan fingerprint density at radius 2 is 2.00 bits per heavy atom. The zero-order valence-electron chi connectivity index (χ0n) is 12.7. The van der Waals surface area contributed by atoms with E-state index >= 15 is 0 Å². The van der Waals surface area contributed by atoms with Crippen molar-refractivity contribution in [2.45, 2.75) is 50.7 Å². The number of urea groups is 1. The number of aromatic nitrogens is 3. The Hall–Kier alpha value is -1.61. The van der Waals surface area contributed by atoms with Crippen molar-refractivity contribution in [3.05, 3.63) is 5.82 Å². The molecule has 1 aromatic rings. The lowest BCUT2D eigenvalue weighted by Crippen LogP contribution is -2.42. The highest BCUT2D eigenvalue weighted by atomic mass is 32.2. The van der Waals surface area contributed by atoms with E-state index in [9.17, 15) is 9.59 Å². The van der Waals surface area contributed by atoms with E-state index < -0.39 is 11.3 Å². The van der Waals surface area contributed by atoms with Gasteiger partial charge in [0.1, 0.15) is 5.82 Å². The highest BCUT2D eigenvalue weighted by Crippen LogP contribution is 2.25. The molecule has 1 heterocycles. The predicted octanol–water partition coefficient (Wildman–Crippen LogP) is 0.644. The van der Waals surface area contributed by atoms with Gasteiger partial charge in [0.05, 0.1) is 11.8 Å². The molecule has 1 unspecified atom stereocenters. The molecule has 1 atom stereocenters. The lowest BCUT2D eigenvalue weighted by molar-refractivity contribution is -0.119. The number of nitrogens with one attached hydrogen (secondary N) is 2. The molecule has 0 saturated carbocycles. The van der Waals surface area contributed by atoms with Crippen LogP contribution >= 0.6 is 11.8 Å². The van der Waals surface area contributed by atoms with Gasteiger partial charge in [0, 0.05) is 12.6 Å². The van der Waals surface area contributed by atoms with Crippen molar-refractivity contribution in [2.24, 2.45) is 5.73 Å². The van der Waals surface area contributed by atoms with Crippen LogP contribution in [-0.4, -0.2) is 38.5 Å². The van der Waals surface area contributed by atoms with Gasteiger partial charge < -0.3 is 15.6 Å². The standard InChI is InChI=1S/C12H22N6O2S/c1-5-14-11(20)15-10(19)8(4)21-12-17-16-9(6-13)18(12)7(2)3/h7-8H,5-6,13H2,1-4H3,(H2,14,15,19,20).